The first kappa shape index (κ1) is 23.0. The van der Waals surface area contributed by atoms with Gasteiger partial charge in [-0.05, 0) is 62.2 Å². The molecule has 1 amide bonds. The SMILES string of the molecule is Cc1ccc(S(=O)(=O)N2CCN([C@@H](C)C(=O)Nc3cc(Cl)cc(Cl)c3)CC2)cc1C. The van der Waals surface area contributed by atoms with Gasteiger partial charge in [0.25, 0.3) is 0 Å². The molecule has 2 aromatic carbocycles. The standard InChI is InChI=1S/C21H25Cl2N3O3S/c1-14-4-5-20(10-15(14)2)30(28,29)26-8-6-25(7-9-26)16(3)21(27)24-19-12-17(22)11-18(23)13-19/h4-5,10-13,16H,6-9H2,1-3H3,(H,24,27)/t16-/m0/s1. The van der Waals surface area contributed by atoms with Crippen molar-refractivity contribution in [2.45, 2.75) is 31.7 Å². The Kier molecular flexibility index (Phi) is 7.09. The average Bonchev–Trinajstić information content (AvgIpc) is 2.68. The molecule has 9 heteroatoms. The maximum absolute atomic E-state index is 13.0. The number of piperazine rings is 1. The molecule has 1 fully saturated rings. The lowest BCUT2D eigenvalue weighted by atomic mass is 10.1. The molecule has 1 heterocycles. The Labute approximate surface area is 187 Å². The minimum absolute atomic E-state index is 0.196. The Bertz CT molecular complexity index is 1030. The Morgan fingerprint density at radius 2 is 1.57 bits per heavy atom. The van der Waals surface area contributed by atoms with E-state index in [0.717, 1.165) is 11.1 Å². The molecule has 1 N–H and O–H groups in total. The molecule has 0 aromatic heterocycles. The van der Waals surface area contributed by atoms with Crippen LogP contribution >= 0.6 is 23.2 Å². The van der Waals surface area contributed by atoms with Gasteiger partial charge in [-0.3, -0.25) is 9.69 Å². The van der Waals surface area contributed by atoms with Crippen LogP contribution in [0.5, 0.6) is 0 Å². The lowest BCUT2D eigenvalue weighted by molar-refractivity contribution is -0.121. The van der Waals surface area contributed by atoms with Crippen molar-refractivity contribution < 1.29 is 13.2 Å². The fourth-order valence-corrected chi connectivity index (χ4v) is 5.43. The second kappa shape index (κ2) is 9.24. The zero-order valence-electron chi connectivity index (χ0n) is 17.2. The van der Waals surface area contributed by atoms with E-state index in [4.69, 9.17) is 23.2 Å². The van der Waals surface area contributed by atoms with Crippen molar-refractivity contribution in [3.05, 3.63) is 57.6 Å². The average molecular weight is 470 g/mol. The molecule has 6 nitrogen and oxygen atoms in total. The van der Waals surface area contributed by atoms with Crippen LogP contribution in [0.15, 0.2) is 41.3 Å². The smallest absolute Gasteiger partial charge is 0.243 e. The number of amides is 1. The van der Waals surface area contributed by atoms with Gasteiger partial charge in [-0.2, -0.15) is 4.31 Å². The molecule has 0 saturated carbocycles. The quantitative estimate of drug-likeness (QED) is 0.719. The van der Waals surface area contributed by atoms with E-state index in [-0.39, 0.29) is 5.91 Å². The van der Waals surface area contributed by atoms with Crippen LogP contribution in [0.2, 0.25) is 10.0 Å². The van der Waals surface area contributed by atoms with Crippen LogP contribution < -0.4 is 5.32 Å². The molecule has 1 aliphatic heterocycles. The number of benzene rings is 2. The Balaban J connectivity index is 1.62. The number of nitrogens with one attached hydrogen (secondary N) is 1. The van der Waals surface area contributed by atoms with Crippen LogP contribution in [0.4, 0.5) is 5.69 Å². The number of carbonyl (C=O) groups excluding carboxylic acids is 1. The third-order valence-electron chi connectivity index (χ3n) is 5.45. The first-order valence-electron chi connectivity index (χ1n) is 9.66. The molecular formula is C21H25Cl2N3O3S. The van der Waals surface area contributed by atoms with Gasteiger partial charge in [-0.25, -0.2) is 8.42 Å². The molecule has 2 aromatic rings. The molecule has 0 aliphatic carbocycles. The summed E-state index contributed by atoms with van der Waals surface area (Å²) in [6, 6.07) is 9.62. The second-order valence-electron chi connectivity index (χ2n) is 7.51. The molecule has 1 aliphatic rings. The van der Waals surface area contributed by atoms with Gasteiger partial charge >= 0.3 is 0 Å². The third kappa shape index (κ3) is 5.15. The molecule has 0 radical (unpaired) electrons. The number of nitrogens with zero attached hydrogens (tertiary/aromatic N) is 2. The number of hydrogen-bond acceptors (Lipinski definition) is 4. The first-order valence-corrected chi connectivity index (χ1v) is 11.9. The van der Waals surface area contributed by atoms with Gasteiger partial charge in [0.05, 0.1) is 10.9 Å². The van der Waals surface area contributed by atoms with Gasteiger partial charge in [0.2, 0.25) is 15.9 Å². The van der Waals surface area contributed by atoms with Gasteiger partial charge in [0, 0.05) is 41.9 Å². The summed E-state index contributed by atoms with van der Waals surface area (Å²) in [4.78, 5) is 14.9. The fourth-order valence-electron chi connectivity index (χ4n) is 3.39. The Morgan fingerprint density at radius 1 is 0.967 bits per heavy atom. The summed E-state index contributed by atoms with van der Waals surface area (Å²) in [5.74, 6) is -0.196. The Morgan fingerprint density at radius 3 is 2.13 bits per heavy atom. The van der Waals surface area contributed by atoms with E-state index < -0.39 is 16.1 Å². The minimum Gasteiger partial charge on any atom is -0.325 e. The fraction of sp³-hybridized carbons (Fsp3) is 0.381. The van der Waals surface area contributed by atoms with Crippen LogP contribution in [0.3, 0.4) is 0 Å². The number of rotatable bonds is 5. The molecule has 0 unspecified atom stereocenters. The van der Waals surface area contributed by atoms with Crippen molar-refractivity contribution in [3.63, 3.8) is 0 Å². The van der Waals surface area contributed by atoms with Crippen molar-refractivity contribution in [3.8, 4) is 0 Å². The summed E-state index contributed by atoms with van der Waals surface area (Å²) in [6.07, 6.45) is 0. The molecule has 3 rings (SSSR count). The molecular weight excluding hydrogens is 445 g/mol. The zero-order chi connectivity index (χ0) is 22.1. The summed E-state index contributed by atoms with van der Waals surface area (Å²) >= 11 is 12.0. The van der Waals surface area contributed by atoms with E-state index >= 15 is 0 Å². The highest BCUT2D eigenvalue weighted by Gasteiger charge is 2.32. The van der Waals surface area contributed by atoms with E-state index in [2.05, 4.69) is 5.32 Å². The summed E-state index contributed by atoms with van der Waals surface area (Å²) < 4.78 is 27.4. The molecule has 0 spiro atoms. The topological polar surface area (TPSA) is 69.7 Å². The van der Waals surface area contributed by atoms with E-state index in [1.165, 1.54) is 4.31 Å². The van der Waals surface area contributed by atoms with Crippen LogP contribution in [-0.2, 0) is 14.8 Å². The number of halogens is 2. The van der Waals surface area contributed by atoms with Gasteiger partial charge in [-0.15, -0.1) is 0 Å². The zero-order valence-corrected chi connectivity index (χ0v) is 19.5. The van der Waals surface area contributed by atoms with Crippen LogP contribution in [0, 0.1) is 13.8 Å². The van der Waals surface area contributed by atoms with Crippen molar-refractivity contribution in [1.82, 2.24) is 9.21 Å². The van der Waals surface area contributed by atoms with Crippen LogP contribution in [0.25, 0.3) is 0 Å². The lowest BCUT2D eigenvalue weighted by Gasteiger charge is -2.36. The van der Waals surface area contributed by atoms with E-state index in [9.17, 15) is 13.2 Å². The van der Waals surface area contributed by atoms with E-state index in [1.54, 1.807) is 37.3 Å². The number of carbonyl (C=O) groups is 1. The summed E-state index contributed by atoms with van der Waals surface area (Å²) in [6.45, 7) is 7.25. The number of aryl methyl sites for hydroxylation is 2. The predicted molar refractivity (Wildman–Crippen MR) is 121 cm³/mol. The summed E-state index contributed by atoms with van der Waals surface area (Å²) in [5.41, 5.74) is 2.53. The van der Waals surface area contributed by atoms with Crippen LogP contribution in [-0.4, -0.2) is 55.8 Å². The number of anilines is 1. The monoisotopic (exact) mass is 469 g/mol. The number of sulfonamides is 1. The molecule has 1 saturated heterocycles. The normalized spacial score (nSPS) is 17.0. The minimum atomic E-state index is -3.55. The predicted octanol–water partition coefficient (Wildman–Crippen LogP) is 3.94. The van der Waals surface area contributed by atoms with Gasteiger partial charge in [0.15, 0.2) is 0 Å². The summed E-state index contributed by atoms with van der Waals surface area (Å²) in [7, 11) is -3.55. The van der Waals surface area contributed by atoms with E-state index in [1.807, 2.05) is 24.8 Å². The summed E-state index contributed by atoms with van der Waals surface area (Å²) in [5, 5.41) is 3.70. The second-order valence-corrected chi connectivity index (χ2v) is 10.3. The maximum atomic E-state index is 13.0. The highest BCUT2D eigenvalue weighted by Crippen LogP contribution is 2.24. The molecule has 0 bridgehead atoms. The molecule has 30 heavy (non-hydrogen) atoms. The van der Waals surface area contributed by atoms with Crippen molar-refractivity contribution in [1.29, 1.82) is 0 Å². The van der Waals surface area contributed by atoms with Crippen molar-refractivity contribution in [2.24, 2.45) is 0 Å². The Hall–Kier alpha value is -1.64. The van der Waals surface area contributed by atoms with Gasteiger partial charge in [-0.1, -0.05) is 29.3 Å². The number of hydrogen-bond donors (Lipinski definition) is 1. The van der Waals surface area contributed by atoms with Crippen molar-refractivity contribution >= 4 is 44.8 Å². The first-order chi connectivity index (χ1) is 14.1. The van der Waals surface area contributed by atoms with E-state index in [0.29, 0.717) is 46.8 Å². The lowest BCUT2D eigenvalue weighted by Crippen LogP contribution is -2.53. The highest BCUT2D eigenvalue weighted by atomic mass is 35.5. The van der Waals surface area contributed by atoms with Crippen molar-refractivity contribution in [2.75, 3.05) is 31.5 Å². The largest absolute Gasteiger partial charge is 0.325 e. The highest BCUT2D eigenvalue weighted by molar-refractivity contribution is 7.89. The van der Waals surface area contributed by atoms with Gasteiger partial charge in [0.1, 0.15) is 0 Å². The molecule has 1 atom stereocenters. The maximum Gasteiger partial charge on any atom is 0.243 e. The third-order valence-corrected chi connectivity index (χ3v) is 7.78. The van der Waals surface area contributed by atoms with Gasteiger partial charge < -0.3 is 5.32 Å². The van der Waals surface area contributed by atoms with Crippen LogP contribution in [0.1, 0.15) is 18.1 Å². The molecule has 162 valence electrons.